The van der Waals surface area contributed by atoms with E-state index in [1.165, 1.54) is 36.1 Å². The summed E-state index contributed by atoms with van der Waals surface area (Å²) in [6.45, 7) is 1.83. The average Bonchev–Trinajstić information content (AvgIpc) is 2.53. The Morgan fingerprint density at radius 1 is 1.00 bits per heavy atom. The number of aryl methyl sites for hydroxylation is 2. The molecule has 0 unspecified atom stereocenters. The molecule has 3 rings (SSSR count). The minimum atomic E-state index is -3.80. The Balaban J connectivity index is 1.87. The van der Waals surface area contributed by atoms with Crippen molar-refractivity contribution in [3.05, 3.63) is 63.1 Å². The van der Waals surface area contributed by atoms with Crippen molar-refractivity contribution in [1.29, 1.82) is 0 Å². The standard InChI is InChI=1S/C18H19Cl2NO2S/c1-12(14-10-9-13-5-2-3-6-15(13)11-14)21-24(22,23)18-16(19)7-4-8-17(18)20/h4,7-12,21H,2-3,5-6H2,1H3/t12-/m0/s1. The number of benzene rings is 2. The summed E-state index contributed by atoms with van der Waals surface area (Å²) in [5, 5.41) is 0.236. The molecule has 0 amide bonds. The van der Waals surface area contributed by atoms with Gasteiger partial charge in [0.2, 0.25) is 10.0 Å². The van der Waals surface area contributed by atoms with Crippen molar-refractivity contribution < 1.29 is 8.42 Å². The molecule has 0 aromatic heterocycles. The van der Waals surface area contributed by atoms with Gasteiger partial charge in [-0.15, -0.1) is 0 Å². The highest BCUT2D eigenvalue weighted by Gasteiger charge is 2.24. The maximum Gasteiger partial charge on any atom is 0.244 e. The Bertz CT molecular complexity index is 845. The fourth-order valence-electron chi connectivity index (χ4n) is 3.12. The van der Waals surface area contributed by atoms with Crippen LogP contribution in [0.15, 0.2) is 41.3 Å². The van der Waals surface area contributed by atoms with Crippen LogP contribution in [0.2, 0.25) is 10.0 Å². The minimum absolute atomic E-state index is 0.0712. The first-order valence-corrected chi connectivity index (χ1v) is 10.2. The van der Waals surface area contributed by atoms with E-state index < -0.39 is 10.0 Å². The highest BCUT2D eigenvalue weighted by molar-refractivity contribution is 7.89. The Labute approximate surface area is 153 Å². The average molecular weight is 384 g/mol. The molecule has 0 aliphatic heterocycles. The van der Waals surface area contributed by atoms with Crippen LogP contribution in [-0.2, 0) is 22.9 Å². The van der Waals surface area contributed by atoms with Gasteiger partial charge in [0.25, 0.3) is 0 Å². The number of fused-ring (bicyclic) bond motifs is 1. The van der Waals surface area contributed by atoms with Gasteiger partial charge < -0.3 is 0 Å². The van der Waals surface area contributed by atoms with E-state index in [0.717, 1.165) is 18.4 Å². The molecule has 3 nitrogen and oxygen atoms in total. The largest absolute Gasteiger partial charge is 0.244 e. The van der Waals surface area contributed by atoms with Crippen molar-refractivity contribution in [2.75, 3.05) is 0 Å². The summed E-state index contributed by atoms with van der Waals surface area (Å²) in [7, 11) is -3.80. The first-order valence-electron chi connectivity index (χ1n) is 7.96. The third-order valence-electron chi connectivity index (χ3n) is 4.39. The fourth-order valence-corrected chi connectivity index (χ4v) is 5.50. The fraction of sp³-hybridized carbons (Fsp3) is 0.333. The number of hydrogen-bond acceptors (Lipinski definition) is 2. The normalized spacial score (nSPS) is 15.8. The van der Waals surface area contributed by atoms with Crippen LogP contribution in [0.25, 0.3) is 0 Å². The number of hydrogen-bond donors (Lipinski definition) is 1. The smallest absolute Gasteiger partial charge is 0.207 e. The highest BCUT2D eigenvalue weighted by atomic mass is 35.5. The van der Waals surface area contributed by atoms with Gasteiger partial charge in [-0.2, -0.15) is 0 Å². The molecule has 0 bridgehead atoms. The van der Waals surface area contributed by atoms with E-state index in [0.29, 0.717) is 0 Å². The summed E-state index contributed by atoms with van der Waals surface area (Å²) in [5.41, 5.74) is 3.64. The molecule has 2 aromatic rings. The monoisotopic (exact) mass is 383 g/mol. The first kappa shape index (κ1) is 17.7. The van der Waals surface area contributed by atoms with Gasteiger partial charge in [0, 0.05) is 6.04 Å². The van der Waals surface area contributed by atoms with E-state index >= 15 is 0 Å². The lowest BCUT2D eigenvalue weighted by molar-refractivity contribution is 0.566. The summed E-state index contributed by atoms with van der Waals surface area (Å²) in [6.07, 6.45) is 4.56. The third-order valence-corrected chi connectivity index (χ3v) is 6.89. The Morgan fingerprint density at radius 2 is 1.62 bits per heavy atom. The van der Waals surface area contributed by atoms with Crippen LogP contribution in [0.3, 0.4) is 0 Å². The molecule has 0 saturated carbocycles. The SMILES string of the molecule is C[C@H](NS(=O)(=O)c1c(Cl)cccc1Cl)c1ccc2c(c1)CCCC2. The Hall–Kier alpha value is -1.07. The molecular formula is C18H19Cl2NO2S. The molecule has 128 valence electrons. The van der Waals surface area contributed by atoms with E-state index in [-0.39, 0.29) is 21.0 Å². The predicted molar refractivity (Wildman–Crippen MR) is 98.3 cm³/mol. The molecule has 24 heavy (non-hydrogen) atoms. The maximum absolute atomic E-state index is 12.7. The lowest BCUT2D eigenvalue weighted by atomic mass is 9.89. The van der Waals surface area contributed by atoms with Crippen molar-refractivity contribution >= 4 is 33.2 Å². The summed E-state index contributed by atoms with van der Waals surface area (Å²) >= 11 is 12.1. The summed E-state index contributed by atoms with van der Waals surface area (Å²) < 4.78 is 28.0. The molecule has 0 spiro atoms. The van der Waals surface area contributed by atoms with E-state index in [2.05, 4.69) is 16.9 Å². The van der Waals surface area contributed by atoms with Crippen molar-refractivity contribution in [1.82, 2.24) is 4.72 Å². The van der Waals surface area contributed by atoms with Crippen molar-refractivity contribution in [2.45, 2.75) is 43.5 Å². The predicted octanol–water partition coefficient (Wildman–Crippen LogP) is 4.91. The number of nitrogens with one attached hydrogen (secondary N) is 1. The van der Waals surface area contributed by atoms with E-state index in [9.17, 15) is 8.42 Å². The van der Waals surface area contributed by atoms with Gasteiger partial charge in [-0.05, 0) is 61.4 Å². The van der Waals surface area contributed by atoms with Crippen LogP contribution >= 0.6 is 23.2 Å². The van der Waals surface area contributed by atoms with Crippen LogP contribution in [0.5, 0.6) is 0 Å². The molecule has 2 aromatic carbocycles. The minimum Gasteiger partial charge on any atom is -0.207 e. The molecular weight excluding hydrogens is 365 g/mol. The molecule has 0 fully saturated rings. The Morgan fingerprint density at radius 3 is 2.29 bits per heavy atom. The molecule has 1 atom stereocenters. The van der Waals surface area contributed by atoms with Gasteiger partial charge in [0.1, 0.15) is 4.90 Å². The van der Waals surface area contributed by atoms with Crippen LogP contribution in [0.4, 0.5) is 0 Å². The van der Waals surface area contributed by atoms with Crippen molar-refractivity contribution in [3.63, 3.8) is 0 Å². The molecule has 0 saturated heterocycles. The zero-order chi connectivity index (χ0) is 17.3. The zero-order valence-electron chi connectivity index (χ0n) is 13.4. The topological polar surface area (TPSA) is 46.2 Å². The van der Waals surface area contributed by atoms with Crippen LogP contribution in [-0.4, -0.2) is 8.42 Å². The van der Waals surface area contributed by atoms with Gasteiger partial charge in [0.15, 0.2) is 0 Å². The van der Waals surface area contributed by atoms with E-state index in [4.69, 9.17) is 23.2 Å². The quantitative estimate of drug-likeness (QED) is 0.814. The van der Waals surface area contributed by atoms with Gasteiger partial charge in [-0.25, -0.2) is 13.1 Å². The molecule has 1 aliphatic rings. The second-order valence-corrected chi connectivity index (χ2v) is 8.59. The highest BCUT2D eigenvalue weighted by Crippen LogP contribution is 2.31. The second kappa shape index (κ2) is 7.04. The maximum atomic E-state index is 12.7. The van der Waals surface area contributed by atoms with Gasteiger partial charge >= 0.3 is 0 Å². The van der Waals surface area contributed by atoms with Crippen LogP contribution < -0.4 is 4.72 Å². The molecule has 0 heterocycles. The molecule has 1 N–H and O–H groups in total. The van der Waals surface area contributed by atoms with Crippen LogP contribution in [0, 0.1) is 0 Å². The summed E-state index contributed by atoms with van der Waals surface area (Å²) in [4.78, 5) is -0.0712. The number of rotatable bonds is 4. The van der Waals surface area contributed by atoms with Gasteiger partial charge in [0.05, 0.1) is 10.0 Å². The van der Waals surface area contributed by atoms with E-state index in [1.54, 1.807) is 6.07 Å². The van der Waals surface area contributed by atoms with Crippen molar-refractivity contribution in [2.24, 2.45) is 0 Å². The summed E-state index contributed by atoms with van der Waals surface area (Å²) in [6, 6.07) is 10.5. The first-order chi connectivity index (χ1) is 11.4. The number of sulfonamides is 1. The molecule has 6 heteroatoms. The molecule has 1 aliphatic carbocycles. The van der Waals surface area contributed by atoms with Gasteiger partial charge in [-0.3, -0.25) is 0 Å². The van der Waals surface area contributed by atoms with Crippen LogP contribution in [0.1, 0.15) is 42.5 Å². The summed E-state index contributed by atoms with van der Waals surface area (Å²) in [5.74, 6) is 0. The Kier molecular flexibility index (Phi) is 5.21. The van der Waals surface area contributed by atoms with Gasteiger partial charge in [-0.1, -0.05) is 47.5 Å². The number of halogens is 2. The molecule has 0 radical (unpaired) electrons. The third kappa shape index (κ3) is 3.62. The van der Waals surface area contributed by atoms with Crippen molar-refractivity contribution in [3.8, 4) is 0 Å². The zero-order valence-corrected chi connectivity index (χ0v) is 15.7. The lowest BCUT2D eigenvalue weighted by Gasteiger charge is -2.20. The second-order valence-electron chi connectivity index (χ2n) is 6.13. The lowest BCUT2D eigenvalue weighted by Crippen LogP contribution is -2.27. The van der Waals surface area contributed by atoms with E-state index in [1.807, 2.05) is 13.0 Å².